The molecule has 2 heterocycles. The highest BCUT2D eigenvalue weighted by atomic mass is 19.4. The van der Waals surface area contributed by atoms with E-state index in [9.17, 15) is 22.8 Å². The Morgan fingerprint density at radius 3 is 2.59 bits per heavy atom. The van der Waals surface area contributed by atoms with E-state index in [2.05, 4.69) is 23.0 Å². The lowest BCUT2D eigenvalue weighted by molar-refractivity contribution is -0.138. The summed E-state index contributed by atoms with van der Waals surface area (Å²) in [4.78, 5) is 26.0. The van der Waals surface area contributed by atoms with Crippen LogP contribution in [0.5, 0.6) is 5.75 Å². The fourth-order valence-corrected chi connectivity index (χ4v) is 5.58. The van der Waals surface area contributed by atoms with Crippen molar-refractivity contribution in [2.24, 2.45) is 13.0 Å². The van der Waals surface area contributed by atoms with E-state index in [0.29, 0.717) is 23.6 Å². The van der Waals surface area contributed by atoms with Crippen LogP contribution in [0.15, 0.2) is 36.7 Å². The van der Waals surface area contributed by atoms with Crippen molar-refractivity contribution in [3.05, 3.63) is 70.3 Å². The maximum atomic E-state index is 13.8. The quantitative estimate of drug-likeness (QED) is 0.361. The van der Waals surface area contributed by atoms with E-state index < -0.39 is 23.1 Å². The molecule has 1 aliphatic carbocycles. The first kappa shape index (κ1) is 24.6. The number of aromatic nitrogens is 3. The number of carbonyl (C=O) groups is 2. The molecule has 0 unspecified atom stereocenters. The van der Waals surface area contributed by atoms with E-state index in [1.807, 2.05) is 17.7 Å². The first-order chi connectivity index (χ1) is 17.6. The molecule has 190 valence electrons. The molecule has 10 heteroatoms. The third-order valence-corrected chi connectivity index (χ3v) is 7.12. The molecule has 0 bridgehead atoms. The Morgan fingerprint density at radius 2 is 2.00 bits per heavy atom. The number of ether oxygens (including phenoxy) is 1. The number of anilines is 1. The molecule has 1 amide bonds. The SMILES string of the molecule is C#CCOc1cc(N2Cc3c(cc(C=O)cc3C(F)(F)F)C2=O)cc(C2(c3nncn3C)CC(C)C2)c1. The van der Waals surface area contributed by atoms with Crippen LogP contribution in [0.1, 0.15) is 63.0 Å². The molecule has 0 radical (unpaired) electrons. The van der Waals surface area contributed by atoms with Gasteiger partial charge in [0.15, 0.2) is 0 Å². The molecule has 1 fully saturated rings. The highest BCUT2D eigenvalue weighted by Gasteiger charge is 2.49. The number of carbonyl (C=O) groups excluding carboxylic acids is 2. The Morgan fingerprint density at radius 1 is 1.24 bits per heavy atom. The summed E-state index contributed by atoms with van der Waals surface area (Å²) in [6.45, 7) is 1.80. The molecular weight excluding hydrogens is 485 g/mol. The Labute approximate surface area is 211 Å². The van der Waals surface area contributed by atoms with Crippen LogP contribution in [0, 0.1) is 18.3 Å². The zero-order chi connectivity index (χ0) is 26.5. The van der Waals surface area contributed by atoms with Crippen molar-refractivity contribution in [2.75, 3.05) is 11.5 Å². The number of rotatable bonds is 6. The van der Waals surface area contributed by atoms with Crippen LogP contribution < -0.4 is 9.64 Å². The molecule has 2 aliphatic rings. The highest BCUT2D eigenvalue weighted by Crippen LogP contribution is 2.53. The monoisotopic (exact) mass is 508 g/mol. The smallest absolute Gasteiger partial charge is 0.416 e. The van der Waals surface area contributed by atoms with Crippen molar-refractivity contribution in [1.82, 2.24) is 14.8 Å². The Kier molecular flexibility index (Phi) is 5.82. The van der Waals surface area contributed by atoms with Crippen molar-refractivity contribution in [1.29, 1.82) is 0 Å². The minimum absolute atomic E-state index is 0.0225. The number of hydrogen-bond donors (Lipinski definition) is 0. The predicted molar refractivity (Wildman–Crippen MR) is 128 cm³/mol. The number of hydrogen-bond acceptors (Lipinski definition) is 5. The molecule has 0 atom stereocenters. The molecule has 1 saturated carbocycles. The van der Waals surface area contributed by atoms with Gasteiger partial charge in [-0.2, -0.15) is 13.2 Å². The van der Waals surface area contributed by atoms with Crippen molar-refractivity contribution in [2.45, 2.75) is 37.9 Å². The third kappa shape index (κ3) is 4.04. The van der Waals surface area contributed by atoms with E-state index in [4.69, 9.17) is 11.2 Å². The van der Waals surface area contributed by atoms with Gasteiger partial charge in [0, 0.05) is 29.9 Å². The van der Waals surface area contributed by atoms with Crippen molar-refractivity contribution >= 4 is 17.9 Å². The van der Waals surface area contributed by atoms with E-state index in [1.165, 1.54) is 11.0 Å². The fraction of sp³-hybridized carbons (Fsp3) is 0.333. The summed E-state index contributed by atoms with van der Waals surface area (Å²) in [5.41, 5.74) is -0.850. The summed E-state index contributed by atoms with van der Waals surface area (Å²) in [5.74, 6) is 3.32. The van der Waals surface area contributed by atoms with E-state index in [-0.39, 0.29) is 29.8 Å². The molecule has 1 aromatic heterocycles. The standard InChI is InChI=1S/C27H23F3N4O3/c1-4-5-37-20-9-18(26(11-16(2)12-26)25-32-31-15-33(25)3)8-19(10-20)34-13-22-21(24(34)36)6-17(14-35)7-23(22)27(28,29)30/h1,6-10,14-16H,5,11-13H2,2-3H3. The molecule has 7 nitrogen and oxygen atoms in total. The molecular formula is C27H23F3N4O3. The van der Waals surface area contributed by atoms with E-state index >= 15 is 0 Å². The van der Waals surface area contributed by atoms with Gasteiger partial charge >= 0.3 is 6.18 Å². The molecule has 2 aromatic carbocycles. The van der Waals surface area contributed by atoms with Crippen LogP contribution in [0.3, 0.4) is 0 Å². The van der Waals surface area contributed by atoms with Gasteiger partial charge in [-0.3, -0.25) is 9.59 Å². The number of amides is 1. The van der Waals surface area contributed by atoms with Crippen molar-refractivity contribution in [3.63, 3.8) is 0 Å². The number of alkyl halides is 3. The average Bonchev–Trinajstić information content (AvgIpc) is 3.42. The molecule has 0 saturated heterocycles. The topological polar surface area (TPSA) is 77.3 Å². The van der Waals surface area contributed by atoms with Crippen molar-refractivity contribution < 1.29 is 27.5 Å². The average molecular weight is 509 g/mol. The van der Waals surface area contributed by atoms with Crippen molar-refractivity contribution in [3.8, 4) is 18.1 Å². The lowest BCUT2D eigenvalue weighted by Crippen LogP contribution is -2.43. The summed E-state index contributed by atoms with van der Waals surface area (Å²) in [5, 5.41) is 8.38. The summed E-state index contributed by atoms with van der Waals surface area (Å²) in [6, 6.07) is 7.19. The summed E-state index contributed by atoms with van der Waals surface area (Å²) >= 11 is 0. The van der Waals surface area contributed by atoms with Crippen LogP contribution in [0.2, 0.25) is 0 Å². The Balaban J connectivity index is 1.64. The van der Waals surface area contributed by atoms with Gasteiger partial charge in [0.1, 0.15) is 30.8 Å². The van der Waals surface area contributed by atoms with Crippen LogP contribution in [0.4, 0.5) is 18.9 Å². The van der Waals surface area contributed by atoms with Gasteiger partial charge in [0.25, 0.3) is 5.91 Å². The van der Waals surface area contributed by atoms with Gasteiger partial charge in [-0.1, -0.05) is 12.8 Å². The lowest BCUT2D eigenvalue weighted by atomic mass is 9.58. The lowest BCUT2D eigenvalue weighted by Gasteiger charge is -2.46. The second-order valence-electron chi connectivity index (χ2n) is 9.67. The number of benzene rings is 2. The number of fused-ring (bicyclic) bond motifs is 1. The molecule has 0 spiro atoms. The van der Waals surface area contributed by atoms with Crippen LogP contribution >= 0.6 is 0 Å². The summed E-state index contributed by atoms with van der Waals surface area (Å²) in [6.07, 6.45) is 4.12. The first-order valence-corrected chi connectivity index (χ1v) is 11.6. The minimum Gasteiger partial charge on any atom is -0.481 e. The minimum atomic E-state index is -4.72. The zero-order valence-corrected chi connectivity index (χ0v) is 20.2. The third-order valence-electron chi connectivity index (χ3n) is 7.12. The van der Waals surface area contributed by atoms with E-state index in [1.54, 1.807) is 18.5 Å². The molecule has 37 heavy (non-hydrogen) atoms. The molecule has 1 aliphatic heterocycles. The number of terminal acetylenes is 1. The largest absolute Gasteiger partial charge is 0.481 e. The van der Waals surface area contributed by atoms with Gasteiger partial charge in [0.05, 0.1) is 17.5 Å². The number of aldehydes is 1. The van der Waals surface area contributed by atoms with Gasteiger partial charge in [-0.05, 0) is 54.2 Å². The summed E-state index contributed by atoms with van der Waals surface area (Å²) < 4.78 is 49.0. The fourth-order valence-electron chi connectivity index (χ4n) is 5.58. The van der Waals surface area contributed by atoms with Gasteiger partial charge < -0.3 is 14.2 Å². The second kappa shape index (κ2) is 8.76. The Bertz CT molecular complexity index is 1450. The van der Waals surface area contributed by atoms with Crippen LogP contribution in [0.25, 0.3) is 0 Å². The normalized spacial score (nSPS) is 20.8. The molecule has 5 rings (SSSR count). The number of aryl methyl sites for hydroxylation is 1. The zero-order valence-electron chi connectivity index (χ0n) is 20.2. The summed E-state index contributed by atoms with van der Waals surface area (Å²) in [7, 11) is 1.85. The predicted octanol–water partition coefficient (Wildman–Crippen LogP) is 4.53. The second-order valence-corrected chi connectivity index (χ2v) is 9.67. The van der Waals surface area contributed by atoms with Gasteiger partial charge in [0.2, 0.25) is 0 Å². The van der Waals surface area contributed by atoms with E-state index in [0.717, 1.165) is 30.3 Å². The highest BCUT2D eigenvalue weighted by molar-refractivity contribution is 6.11. The maximum Gasteiger partial charge on any atom is 0.416 e. The van der Waals surface area contributed by atoms with Gasteiger partial charge in [-0.15, -0.1) is 16.6 Å². The first-order valence-electron chi connectivity index (χ1n) is 11.6. The molecule has 0 N–H and O–H groups in total. The van der Waals surface area contributed by atoms with Gasteiger partial charge in [-0.25, -0.2) is 0 Å². The van der Waals surface area contributed by atoms with Crippen LogP contribution in [-0.2, 0) is 25.2 Å². The molecule has 3 aromatic rings. The maximum absolute atomic E-state index is 13.8. The Hall–Kier alpha value is -4.13. The van der Waals surface area contributed by atoms with Crippen LogP contribution in [-0.4, -0.2) is 33.6 Å². The number of nitrogens with zero attached hydrogens (tertiary/aromatic N) is 4. The number of halogens is 3.